The molecular formula is C17H15ClN4O2. The first kappa shape index (κ1) is 17.3. The molecule has 2 aromatic carbocycles. The molecule has 0 aliphatic rings. The van der Waals surface area contributed by atoms with Crippen molar-refractivity contribution >= 4 is 34.8 Å². The van der Waals surface area contributed by atoms with E-state index in [0.29, 0.717) is 17.8 Å². The van der Waals surface area contributed by atoms with E-state index in [2.05, 4.69) is 16.7 Å². The molecule has 0 radical (unpaired) electrons. The summed E-state index contributed by atoms with van der Waals surface area (Å²) >= 11 is 5.87. The van der Waals surface area contributed by atoms with Gasteiger partial charge in [0.15, 0.2) is 0 Å². The summed E-state index contributed by atoms with van der Waals surface area (Å²) in [5, 5.41) is 14.5. The van der Waals surface area contributed by atoms with E-state index in [0.717, 1.165) is 5.56 Å². The van der Waals surface area contributed by atoms with Crippen LogP contribution < -0.4 is 16.4 Å². The standard InChI is InChI=1S/C17H15ClN4O2/c18-15-6-5-13(9-14(15)17(20)24)21-10-16(23)22-12-3-1-11(2-4-12)7-8-19/h1-6,9,21H,7,10H2,(H2,20,24)(H,22,23). The van der Waals surface area contributed by atoms with Gasteiger partial charge in [-0.25, -0.2) is 0 Å². The first-order chi connectivity index (χ1) is 11.5. The zero-order valence-electron chi connectivity index (χ0n) is 12.7. The van der Waals surface area contributed by atoms with Crippen molar-refractivity contribution in [1.82, 2.24) is 0 Å². The second kappa shape index (κ2) is 7.99. The quantitative estimate of drug-likeness (QED) is 0.749. The normalized spacial score (nSPS) is 9.83. The maximum Gasteiger partial charge on any atom is 0.250 e. The largest absolute Gasteiger partial charge is 0.376 e. The SMILES string of the molecule is N#CCc1ccc(NC(=O)CNc2ccc(Cl)c(C(N)=O)c2)cc1. The van der Waals surface area contributed by atoms with E-state index in [9.17, 15) is 9.59 Å². The average molecular weight is 343 g/mol. The molecule has 4 N–H and O–H groups in total. The number of rotatable bonds is 6. The van der Waals surface area contributed by atoms with Crippen LogP contribution in [0.1, 0.15) is 15.9 Å². The van der Waals surface area contributed by atoms with E-state index in [4.69, 9.17) is 22.6 Å². The summed E-state index contributed by atoms with van der Waals surface area (Å²) in [7, 11) is 0. The molecule has 0 aliphatic heterocycles. The molecule has 24 heavy (non-hydrogen) atoms. The molecule has 0 spiro atoms. The van der Waals surface area contributed by atoms with E-state index in [1.54, 1.807) is 30.3 Å². The number of carbonyl (C=O) groups is 2. The van der Waals surface area contributed by atoms with Gasteiger partial charge in [0, 0.05) is 11.4 Å². The van der Waals surface area contributed by atoms with Gasteiger partial charge in [0.2, 0.25) is 11.8 Å². The lowest BCUT2D eigenvalue weighted by molar-refractivity contribution is -0.114. The van der Waals surface area contributed by atoms with Gasteiger partial charge in [-0.1, -0.05) is 23.7 Å². The van der Waals surface area contributed by atoms with Crippen LogP contribution in [0.2, 0.25) is 5.02 Å². The Morgan fingerprint density at radius 2 is 1.79 bits per heavy atom. The van der Waals surface area contributed by atoms with Gasteiger partial charge in [0.05, 0.1) is 29.6 Å². The zero-order chi connectivity index (χ0) is 17.5. The predicted octanol–water partition coefficient (Wildman–Crippen LogP) is 2.56. The summed E-state index contributed by atoms with van der Waals surface area (Å²) in [6, 6.07) is 13.8. The highest BCUT2D eigenvalue weighted by Crippen LogP contribution is 2.20. The van der Waals surface area contributed by atoms with Crippen LogP contribution in [0.15, 0.2) is 42.5 Å². The maximum atomic E-state index is 11.9. The minimum Gasteiger partial charge on any atom is -0.376 e. The van der Waals surface area contributed by atoms with Crippen molar-refractivity contribution in [3.05, 3.63) is 58.6 Å². The molecule has 2 rings (SSSR count). The Morgan fingerprint density at radius 3 is 2.42 bits per heavy atom. The summed E-state index contributed by atoms with van der Waals surface area (Å²) in [4.78, 5) is 23.2. The smallest absolute Gasteiger partial charge is 0.250 e. The number of halogens is 1. The highest BCUT2D eigenvalue weighted by atomic mass is 35.5. The fourth-order valence-corrected chi connectivity index (χ4v) is 2.22. The van der Waals surface area contributed by atoms with Crippen LogP contribution in [0.4, 0.5) is 11.4 Å². The lowest BCUT2D eigenvalue weighted by atomic mass is 10.1. The summed E-state index contributed by atoms with van der Waals surface area (Å²) in [6.07, 6.45) is 0.328. The third kappa shape index (κ3) is 4.73. The van der Waals surface area contributed by atoms with Crippen LogP contribution in [0, 0.1) is 11.3 Å². The molecule has 0 unspecified atom stereocenters. The second-order valence-corrected chi connectivity index (χ2v) is 5.40. The number of hydrogen-bond acceptors (Lipinski definition) is 4. The van der Waals surface area contributed by atoms with E-state index in [-0.39, 0.29) is 23.0 Å². The third-order valence-electron chi connectivity index (χ3n) is 3.21. The molecule has 0 aromatic heterocycles. The lowest BCUT2D eigenvalue weighted by Crippen LogP contribution is -2.22. The van der Waals surface area contributed by atoms with Crippen molar-refractivity contribution in [2.75, 3.05) is 17.2 Å². The van der Waals surface area contributed by atoms with Crippen LogP contribution in [0.5, 0.6) is 0 Å². The van der Waals surface area contributed by atoms with Crippen molar-refractivity contribution in [1.29, 1.82) is 5.26 Å². The molecule has 7 heteroatoms. The average Bonchev–Trinajstić information content (AvgIpc) is 2.56. The first-order valence-electron chi connectivity index (χ1n) is 7.08. The summed E-state index contributed by atoms with van der Waals surface area (Å²) in [6.45, 7) is 0.0137. The molecule has 0 heterocycles. The summed E-state index contributed by atoms with van der Waals surface area (Å²) in [5.74, 6) is -0.885. The Bertz CT molecular complexity index is 797. The number of nitriles is 1. The van der Waals surface area contributed by atoms with Gasteiger partial charge in [0.25, 0.3) is 0 Å². The number of amides is 2. The molecule has 0 saturated carbocycles. The predicted molar refractivity (Wildman–Crippen MR) is 92.8 cm³/mol. The fourth-order valence-electron chi connectivity index (χ4n) is 2.01. The van der Waals surface area contributed by atoms with Gasteiger partial charge < -0.3 is 16.4 Å². The van der Waals surface area contributed by atoms with Gasteiger partial charge in [0.1, 0.15) is 0 Å². The van der Waals surface area contributed by atoms with E-state index < -0.39 is 5.91 Å². The first-order valence-corrected chi connectivity index (χ1v) is 7.46. The van der Waals surface area contributed by atoms with E-state index in [1.165, 1.54) is 12.1 Å². The molecule has 0 saturated heterocycles. The van der Waals surface area contributed by atoms with Gasteiger partial charge in [-0.15, -0.1) is 0 Å². The number of hydrogen-bond donors (Lipinski definition) is 3. The van der Waals surface area contributed by atoms with Crippen LogP contribution in [-0.4, -0.2) is 18.4 Å². The number of benzene rings is 2. The van der Waals surface area contributed by atoms with Crippen molar-refractivity contribution in [3.63, 3.8) is 0 Å². The minimum atomic E-state index is -0.634. The Labute approximate surface area is 144 Å². The van der Waals surface area contributed by atoms with Crippen LogP contribution in [-0.2, 0) is 11.2 Å². The molecule has 122 valence electrons. The van der Waals surface area contributed by atoms with Crippen LogP contribution in [0.3, 0.4) is 0 Å². The summed E-state index contributed by atoms with van der Waals surface area (Å²) in [5.41, 5.74) is 7.50. The molecule has 2 aromatic rings. The maximum absolute atomic E-state index is 11.9. The third-order valence-corrected chi connectivity index (χ3v) is 3.54. The van der Waals surface area contributed by atoms with Gasteiger partial charge in [-0.05, 0) is 35.9 Å². The molecule has 0 fully saturated rings. The molecule has 6 nitrogen and oxygen atoms in total. The number of primary amides is 1. The highest BCUT2D eigenvalue weighted by Gasteiger charge is 2.08. The Hall–Kier alpha value is -3.04. The number of carbonyl (C=O) groups excluding carboxylic acids is 2. The highest BCUT2D eigenvalue weighted by molar-refractivity contribution is 6.33. The lowest BCUT2D eigenvalue weighted by Gasteiger charge is -2.09. The molecule has 2 amide bonds. The van der Waals surface area contributed by atoms with Gasteiger partial charge in [-0.3, -0.25) is 9.59 Å². The Kier molecular flexibility index (Phi) is 5.77. The van der Waals surface area contributed by atoms with Crippen LogP contribution in [0.25, 0.3) is 0 Å². The molecule has 0 aliphatic carbocycles. The molecular weight excluding hydrogens is 328 g/mol. The number of nitrogens with zero attached hydrogens (tertiary/aromatic N) is 1. The Balaban J connectivity index is 1.92. The second-order valence-electron chi connectivity index (χ2n) is 4.99. The summed E-state index contributed by atoms with van der Waals surface area (Å²) < 4.78 is 0. The number of anilines is 2. The monoisotopic (exact) mass is 342 g/mol. The van der Waals surface area contributed by atoms with E-state index in [1.807, 2.05) is 0 Å². The van der Waals surface area contributed by atoms with Crippen molar-refractivity contribution in [2.24, 2.45) is 5.73 Å². The zero-order valence-corrected chi connectivity index (χ0v) is 13.4. The topological polar surface area (TPSA) is 108 Å². The Morgan fingerprint density at radius 1 is 1.12 bits per heavy atom. The van der Waals surface area contributed by atoms with Crippen molar-refractivity contribution in [2.45, 2.75) is 6.42 Å². The fraction of sp³-hybridized carbons (Fsp3) is 0.118. The van der Waals surface area contributed by atoms with E-state index >= 15 is 0 Å². The molecule has 0 bridgehead atoms. The van der Waals surface area contributed by atoms with Crippen LogP contribution >= 0.6 is 11.6 Å². The number of nitrogens with one attached hydrogen (secondary N) is 2. The number of nitrogens with two attached hydrogens (primary N) is 1. The van der Waals surface area contributed by atoms with Gasteiger partial charge in [-0.2, -0.15) is 5.26 Å². The van der Waals surface area contributed by atoms with Gasteiger partial charge >= 0.3 is 0 Å². The molecule has 0 atom stereocenters. The van der Waals surface area contributed by atoms with Crippen molar-refractivity contribution in [3.8, 4) is 6.07 Å². The minimum absolute atomic E-state index is 0.0137. The van der Waals surface area contributed by atoms with Crippen molar-refractivity contribution < 1.29 is 9.59 Å².